The SMILES string of the molecule is Cc1noc(C)c1S(=O)(=O)N1CCC(Oc2cccc3c2ccn3CC2CC2)CC1. The Balaban J connectivity index is 1.28. The second-order valence-corrected chi connectivity index (χ2v) is 10.3. The highest BCUT2D eigenvalue weighted by molar-refractivity contribution is 7.89. The lowest BCUT2D eigenvalue weighted by atomic mass is 10.1. The zero-order valence-corrected chi connectivity index (χ0v) is 18.2. The summed E-state index contributed by atoms with van der Waals surface area (Å²) in [5.74, 6) is 2.04. The highest BCUT2D eigenvalue weighted by atomic mass is 32.2. The molecule has 3 aromatic rings. The lowest BCUT2D eigenvalue weighted by Crippen LogP contribution is -2.42. The molecule has 7 nitrogen and oxygen atoms in total. The average Bonchev–Trinajstić information content (AvgIpc) is 3.35. The molecule has 5 rings (SSSR count). The fraction of sp³-hybridized carbons (Fsp3) is 0.500. The molecular weight excluding hydrogens is 402 g/mol. The fourth-order valence-corrected chi connectivity index (χ4v) is 6.14. The van der Waals surface area contributed by atoms with Gasteiger partial charge in [-0.15, -0.1) is 0 Å². The summed E-state index contributed by atoms with van der Waals surface area (Å²) in [5, 5.41) is 4.92. The third kappa shape index (κ3) is 3.52. The smallest absolute Gasteiger partial charge is 0.248 e. The Morgan fingerprint density at radius 1 is 1.13 bits per heavy atom. The van der Waals surface area contributed by atoms with Gasteiger partial charge in [-0.05, 0) is 63.6 Å². The first-order chi connectivity index (χ1) is 14.4. The Bertz CT molecular complexity index is 1150. The van der Waals surface area contributed by atoms with Gasteiger partial charge in [0.15, 0.2) is 5.76 Å². The van der Waals surface area contributed by atoms with Crippen molar-refractivity contribution in [1.29, 1.82) is 0 Å². The molecular formula is C22H27N3O4S. The maximum atomic E-state index is 13.0. The van der Waals surface area contributed by atoms with Gasteiger partial charge in [0.2, 0.25) is 10.0 Å². The van der Waals surface area contributed by atoms with Crippen molar-refractivity contribution in [2.75, 3.05) is 13.1 Å². The molecule has 1 aliphatic carbocycles. The Kier molecular flexibility index (Phi) is 4.86. The van der Waals surface area contributed by atoms with Crippen LogP contribution in [0.25, 0.3) is 10.9 Å². The number of benzene rings is 1. The number of fused-ring (bicyclic) bond motifs is 1. The van der Waals surface area contributed by atoms with Crippen molar-refractivity contribution in [3.63, 3.8) is 0 Å². The van der Waals surface area contributed by atoms with E-state index in [-0.39, 0.29) is 11.0 Å². The van der Waals surface area contributed by atoms with E-state index >= 15 is 0 Å². The van der Waals surface area contributed by atoms with Crippen molar-refractivity contribution in [2.45, 2.75) is 57.1 Å². The molecule has 8 heteroatoms. The number of rotatable bonds is 6. The molecule has 0 unspecified atom stereocenters. The van der Waals surface area contributed by atoms with Crippen molar-refractivity contribution >= 4 is 20.9 Å². The van der Waals surface area contributed by atoms with E-state index in [1.807, 2.05) is 12.1 Å². The zero-order valence-electron chi connectivity index (χ0n) is 17.4. The summed E-state index contributed by atoms with van der Waals surface area (Å²) in [6, 6.07) is 8.32. The second-order valence-electron chi connectivity index (χ2n) is 8.48. The van der Waals surface area contributed by atoms with Crippen LogP contribution in [-0.2, 0) is 16.6 Å². The maximum absolute atomic E-state index is 13.0. The molecule has 0 bridgehead atoms. The van der Waals surface area contributed by atoms with Gasteiger partial charge >= 0.3 is 0 Å². The highest BCUT2D eigenvalue weighted by Crippen LogP contribution is 2.35. The molecule has 0 spiro atoms. The van der Waals surface area contributed by atoms with Gasteiger partial charge in [-0.25, -0.2) is 8.42 Å². The molecule has 1 aliphatic heterocycles. The van der Waals surface area contributed by atoms with Crippen LogP contribution in [0.15, 0.2) is 39.9 Å². The lowest BCUT2D eigenvalue weighted by Gasteiger charge is -2.31. The van der Waals surface area contributed by atoms with Gasteiger partial charge in [-0.1, -0.05) is 11.2 Å². The molecule has 1 saturated carbocycles. The van der Waals surface area contributed by atoms with Crippen LogP contribution < -0.4 is 4.74 Å². The van der Waals surface area contributed by atoms with Crippen LogP contribution in [0.1, 0.15) is 37.1 Å². The third-order valence-corrected chi connectivity index (χ3v) is 8.33. The molecule has 30 heavy (non-hydrogen) atoms. The molecule has 3 heterocycles. The average molecular weight is 430 g/mol. The standard InChI is InChI=1S/C22H27N3O4S/c1-15-22(16(2)29-23-15)30(26,27)25-12-8-18(9-13-25)28-21-5-3-4-20-19(21)10-11-24(20)14-17-6-7-17/h3-5,10-11,17-18H,6-9,12-14H2,1-2H3. The summed E-state index contributed by atoms with van der Waals surface area (Å²) in [6.07, 6.45) is 6.10. The van der Waals surface area contributed by atoms with E-state index in [0.29, 0.717) is 37.4 Å². The predicted octanol–water partition coefficient (Wildman–Crippen LogP) is 3.89. The monoisotopic (exact) mass is 429 g/mol. The van der Waals surface area contributed by atoms with Crippen molar-refractivity contribution in [2.24, 2.45) is 5.92 Å². The van der Waals surface area contributed by atoms with E-state index < -0.39 is 10.0 Å². The third-order valence-electron chi connectivity index (χ3n) is 6.19. The zero-order chi connectivity index (χ0) is 20.9. The minimum Gasteiger partial charge on any atom is -0.490 e. The Morgan fingerprint density at radius 3 is 2.57 bits per heavy atom. The van der Waals surface area contributed by atoms with Crippen molar-refractivity contribution < 1.29 is 17.7 Å². The summed E-state index contributed by atoms with van der Waals surface area (Å²) in [6.45, 7) is 5.23. The largest absolute Gasteiger partial charge is 0.490 e. The van der Waals surface area contributed by atoms with Crippen LogP contribution in [0.4, 0.5) is 0 Å². The molecule has 0 N–H and O–H groups in total. The highest BCUT2D eigenvalue weighted by Gasteiger charge is 2.34. The summed E-state index contributed by atoms with van der Waals surface area (Å²) in [4.78, 5) is 0.198. The summed E-state index contributed by atoms with van der Waals surface area (Å²) in [7, 11) is -3.60. The van der Waals surface area contributed by atoms with Gasteiger partial charge < -0.3 is 13.8 Å². The first kappa shape index (κ1) is 19.6. The van der Waals surface area contributed by atoms with E-state index in [1.165, 1.54) is 22.7 Å². The van der Waals surface area contributed by atoms with Crippen LogP contribution in [0, 0.1) is 19.8 Å². The van der Waals surface area contributed by atoms with Crippen LogP contribution in [-0.4, -0.2) is 41.6 Å². The molecule has 2 fully saturated rings. The molecule has 1 saturated heterocycles. The van der Waals surface area contributed by atoms with Crippen molar-refractivity contribution in [1.82, 2.24) is 14.0 Å². The molecule has 160 valence electrons. The fourth-order valence-electron chi connectivity index (χ4n) is 4.38. The van der Waals surface area contributed by atoms with Crippen molar-refractivity contribution in [3.8, 4) is 5.75 Å². The van der Waals surface area contributed by atoms with Gasteiger partial charge in [0.1, 0.15) is 22.4 Å². The Labute approximate surface area is 176 Å². The Hall–Kier alpha value is -2.32. The predicted molar refractivity (Wildman–Crippen MR) is 113 cm³/mol. The number of aromatic nitrogens is 2. The maximum Gasteiger partial charge on any atom is 0.248 e. The molecule has 0 amide bonds. The summed E-state index contributed by atoms with van der Waals surface area (Å²) < 4.78 is 41.3. The number of hydrogen-bond acceptors (Lipinski definition) is 5. The van der Waals surface area contributed by atoms with Gasteiger partial charge in [0, 0.05) is 31.2 Å². The van der Waals surface area contributed by atoms with E-state index in [1.54, 1.807) is 13.8 Å². The lowest BCUT2D eigenvalue weighted by molar-refractivity contribution is 0.137. The van der Waals surface area contributed by atoms with E-state index in [9.17, 15) is 8.42 Å². The molecule has 1 aromatic carbocycles. The molecule has 2 aromatic heterocycles. The van der Waals surface area contributed by atoms with Crippen LogP contribution in [0.2, 0.25) is 0 Å². The second kappa shape index (κ2) is 7.42. The van der Waals surface area contributed by atoms with Crippen LogP contribution >= 0.6 is 0 Å². The number of aryl methyl sites for hydroxylation is 2. The molecule has 0 atom stereocenters. The van der Waals surface area contributed by atoms with Gasteiger partial charge in [0.05, 0.1) is 5.52 Å². The number of ether oxygens (including phenoxy) is 1. The summed E-state index contributed by atoms with van der Waals surface area (Å²) >= 11 is 0. The minimum atomic E-state index is -3.60. The Morgan fingerprint density at radius 2 is 1.90 bits per heavy atom. The van der Waals surface area contributed by atoms with E-state index in [4.69, 9.17) is 9.26 Å². The number of nitrogens with zero attached hydrogens (tertiary/aromatic N) is 3. The first-order valence-electron chi connectivity index (χ1n) is 10.6. The van der Waals surface area contributed by atoms with Gasteiger partial charge in [0.25, 0.3) is 0 Å². The molecule has 2 aliphatic rings. The van der Waals surface area contributed by atoms with Crippen molar-refractivity contribution in [3.05, 3.63) is 41.9 Å². The van der Waals surface area contributed by atoms with E-state index in [2.05, 4.69) is 28.1 Å². The number of sulfonamides is 1. The number of hydrogen-bond donors (Lipinski definition) is 0. The van der Waals surface area contributed by atoms with Crippen LogP contribution in [0.5, 0.6) is 5.75 Å². The normalized spacial score (nSPS) is 18.9. The minimum absolute atomic E-state index is 0.00139. The van der Waals surface area contributed by atoms with Gasteiger partial charge in [-0.3, -0.25) is 0 Å². The van der Waals surface area contributed by atoms with Crippen LogP contribution in [0.3, 0.4) is 0 Å². The first-order valence-corrected chi connectivity index (χ1v) is 12.0. The molecule has 0 radical (unpaired) electrons. The number of piperidine rings is 1. The van der Waals surface area contributed by atoms with E-state index in [0.717, 1.165) is 23.6 Å². The quantitative estimate of drug-likeness (QED) is 0.594. The van der Waals surface area contributed by atoms with Gasteiger partial charge in [-0.2, -0.15) is 4.31 Å². The topological polar surface area (TPSA) is 77.6 Å². The summed E-state index contributed by atoms with van der Waals surface area (Å²) in [5.41, 5.74) is 1.62.